The van der Waals surface area contributed by atoms with Crippen LogP contribution in [0.2, 0.25) is 0 Å². The molecule has 3 rings (SSSR count). The average Bonchev–Trinajstić information content (AvgIpc) is 2.63. The van der Waals surface area contributed by atoms with Gasteiger partial charge in [0.25, 0.3) is 0 Å². The summed E-state index contributed by atoms with van der Waals surface area (Å²) in [6.07, 6.45) is 3.64. The van der Waals surface area contributed by atoms with Gasteiger partial charge in [0, 0.05) is 13.0 Å². The summed E-state index contributed by atoms with van der Waals surface area (Å²) in [5.41, 5.74) is 1.38. The molecule has 1 aliphatic rings. The number of hydrogen-bond acceptors (Lipinski definition) is 3. The second-order valence-corrected chi connectivity index (χ2v) is 9.15. The lowest BCUT2D eigenvalue weighted by atomic mass is 10.0. The maximum Gasteiger partial charge on any atom is 0.0601 e. The molecule has 0 radical (unpaired) electrons. The third kappa shape index (κ3) is 5.21. The van der Waals surface area contributed by atoms with E-state index in [9.17, 15) is 0 Å². The quantitative estimate of drug-likeness (QED) is 0.674. The average molecular weight is 356 g/mol. The molecule has 0 aliphatic carbocycles. The van der Waals surface area contributed by atoms with E-state index < -0.39 is 0 Å². The van der Waals surface area contributed by atoms with Crippen LogP contribution in [0.15, 0.2) is 42.5 Å². The van der Waals surface area contributed by atoms with E-state index in [1.165, 1.54) is 40.7 Å². The first-order valence-corrected chi connectivity index (χ1v) is 10.8. The van der Waals surface area contributed by atoms with Crippen molar-refractivity contribution in [3.05, 3.63) is 48.0 Å². The number of nitrogens with zero attached hydrogens (tertiary/aromatic N) is 1. The molecule has 0 atom stereocenters. The van der Waals surface area contributed by atoms with Crippen molar-refractivity contribution in [3.8, 4) is 11.8 Å². The number of rotatable bonds is 5. The maximum absolute atomic E-state index is 3.37. The van der Waals surface area contributed by atoms with Gasteiger partial charge in [-0.25, -0.2) is 0 Å². The van der Waals surface area contributed by atoms with E-state index in [0.29, 0.717) is 0 Å². The maximum atomic E-state index is 3.37. The van der Waals surface area contributed by atoms with Crippen LogP contribution in [-0.2, 0) is 6.54 Å². The van der Waals surface area contributed by atoms with Crippen molar-refractivity contribution in [2.24, 2.45) is 0 Å². The molecule has 1 fully saturated rings. The number of hydrogen-bond donors (Lipinski definition) is 0. The Kier molecular flexibility index (Phi) is 6.96. The minimum absolute atomic E-state index is 0.779. The second kappa shape index (κ2) is 9.42. The minimum atomic E-state index is 0.779. The lowest BCUT2D eigenvalue weighted by Crippen LogP contribution is -2.18. The molecule has 0 unspecified atom stereocenters. The Balaban J connectivity index is 1.47. The van der Waals surface area contributed by atoms with Gasteiger partial charge in [0.1, 0.15) is 0 Å². The highest BCUT2D eigenvalue weighted by Crippen LogP contribution is 2.33. The van der Waals surface area contributed by atoms with Crippen molar-refractivity contribution in [1.29, 1.82) is 0 Å². The molecule has 3 heteroatoms. The number of fused-ring (bicyclic) bond motifs is 1. The van der Waals surface area contributed by atoms with Crippen molar-refractivity contribution in [2.75, 3.05) is 25.1 Å². The third-order valence-corrected chi connectivity index (χ3v) is 7.28. The zero-order valence-electron chi connectivity index (χ0n) is 14.3. The zero-order chi connectivity index (χ0) is 16.6. The van der Waals surface area contributed by atoms with Crippen LogP contribution in [-0.4, -0.2) is 34.6 Å². The number of thioether (sulfide) groups is 2. The molecule has 2 aromatic rings. The van der Waals surface area contributed by atoms with Gasteiger partial charge in [-0.15, -0.1) is 29.4 Å². The Bertz CT molecular complexity index is 705. The van der Waals surface area contributed by atoms with Crippen molar-refractivity contribution in [1.82, 2.24) is 4.90 Å². The lowest BCUT2D eigenvalue weighted by molar-refractivity contribution is 0.370. The summed E-state index contributed by atoms with van der Waals surface area (Å²) < 4.78 is 0.779. The van der Waals surface area contributed by atoms with Gasteiger partial charge in [-0.05, 0) is 47.7 Å². The van der Waals surface area contributed by atoms with Crippen molar-refractivity contribution >= 4 is 34.3 Å². The summed E-state index contributed by atoms with van der Waals surface area (Å²) in [6, 6.07) is 15.2. The van der Waals surface area contributed by atoms with E-state index in [4.69, 9.17) is 0 Å². The molecule has 0 amide bonds. The smallest absolute Gasteiger partial charge is 0.0601 e. The Morgan fingerprint density at radius 1 is 1.04 bits per heavy atom. The fourth-order valence-electron chi connectivity index (χ4n) is 2.95. The molecule has 1 heterocycles. The molecule has 1 aliphatic heterocycles. The third-order valence-electron chi connectivity index (χ3n) is 4.20. The first-order valence-electron chi connectivity index (χ1n) is 8.67. The Morgan fingerprint density at radius 2 is 1.83 bits per heavy atom. The van der Waals surface area contributed by atoms with Crippen molar-refractivity contribution < 1.29 is 0 Å². The highest BCUT2D eigenvalue weighted by Gasteiger charge is 2.12. The molecule has 0 saturated carbocycles. The molecule has 1 nitrogen and oxygen atoms in total. The van der Waals surface area contributed by atoms with Crippen LogP contribution in [0.3, 0.4) is 0 Å². The topological polar surface area (TPSA) is 3.24 Å². The van der Waals surface area contributed by atoms with E-state index >= 15 is 0 Å². The predicted octanol–water partition coefficient (Wildman–Crippen LogP) is 5.25. The summed E-state index contributed by atoms with van der Waals surface area (Å²) in [7, 11) is 2.16. The van der Waals surface area contributed by atoms with Crippen LogP contribution in [0.1, 0.15) is 24.8 Å². The molecular weight excluding hydrogens is 330 g/mol. The van der Waals surface area contributed by atoms with E-state index in [1.807, 2.05) is 0 Å². The molecule has 1 saturated heterocycles. The molecule has 0 spiro atoms. The van der Waals surface area contributed by atoms with Crippen LogP contribution in [0.5, 0.6) is 0 Å². The van der Waals surface area contributed by atoms with Gasteiger partial charge < -0.3 is 0 Å². The summed E-state index contributed by atoms with van der Waals surface area (Å²) >= 11 is 4.23. The van der Waals surface area contributed by atoms with E-state index in [-0.39, 0.29) is 0 Å². The van der Waals surface area contributed by atoms with Crippen molar-refractivity contribution in [3.63, 3.8) is 0 Å². The lowest BCUT2D eigenvalue weighted by Gasteiger charge is -2.19. The molecule has 2 aromatic carbocycles. The predicted molar refractivity (Wildman–Crippen MR) is 111 cm³/mol. The second-order valence-electron chi connectivity index (χ2n) is 6.23. The summed E-state index contributed by atoms with van der Waals surface area (Å²) in [5.74, 6) is 9.38. The molecular formula is C21H25NS2. The fourth-order valence-corrected chi connectivity index (χ4v) is 5.81. The van der Waals surface area contributed by atoms with E-state index in [2.05, 4.69) is 89.8 Å². The van der Waals surface area contributed by atoms with E-state index in [1.54, 1.807) is 0 Å². The van der Waals surface area contributed by atoms with Gasteiger partial charge in [-0.3, -0.25) is 4.90 Å². The highest BCUT2D eigenvalue weighted by molar-refractivity contribution is 8.17. The highest BCUT2D eigenvalue weighted by atomic mass is 32.2. The molecule has 0 bridgehead atoms. The zero-order valence-corrected chi connectivity index (χ0v) is 16.0. The fraction of sp³-hybridized carbons (Fsp3) is 0.429. The minimum Gasteiger partial charge on any atom is -0.291 e. The number of benzene rings is 2. The van der Waals surface area contributed by atoms with Crippen molar-refractivity contribution in [2.45, 2.75) is 30.4 Å². The van der Waals surface area contributed by atoms with Crippen LogP contribution in [0.4, 0.5) is 0 Å². The largest absolute Gasteiger partial charge is 0.291 e. The van der Waals surface area contributed by atoms with Gasteiger partial charge in [-0.2, -0.15) is 0 Å². The standard InChI is InChI=1S/C21H25NS2/c1-22(14-6-2-3-13-21-23-15-8-16-24-21)17-19-11-7-10-18-9-4-5-12-20(18)19/h4-5,7,9-12,21H,3,8,13-17H2,1H3. The van der Waals surface area contributed by atoms with Gasteiger partial charge in [0.15, 0.2) is 0 Å². The first kappa shape index (κ1) is 17.7. The SMILES string of the molecule is CN(CC#CCCC1SCCCS1)Cc1cccc2ccccc12. The van der Waals surface area contributed by atoms with E-state index in [0.717, 1.165) is 24.1 Å². The van der Waals surface area contributed by atoms with Gasteiger partial charge >= 0.3 is 0 Å². The summed E-state index contributed by atoms with van der Waals surface area (Å²) in [4.78, 5) is 2.30. The normalized spacial score (nSPS) is 15.4. The molecule has 0 N–H and O–H groups in total. The Hall–Kier alpha value is -1.08. The molecule has 24 heavy (non-hydrogen) atoms. The Morgan fingerprint density at radius 3 is 2.71 bits per heavy atom. The van der Waals surface area contributed by atoms with Gasteiger partial charge in [0.2, 0.25) is 0 Å². The molecule has 0 aromatic heterocycles. The van der Waals surface area contributed by atoms with Crippen LogP contribution < -0.4 is 0 Å². The Labute approximate surface area is 154 Å². The van der Waals surface area contributed by atoms with Crippen LogP contribution in [0, 0.1) is 11.8 Å². The van der Waals surface area contributed by atoms with Gasteiger partial charge in [-0.1, -0.05) is 48.4 Å². The monoisotopic (exact) mass is 355 g/mol. The summed E-state index contributed by atoms with van der Waals surface area (Å²) in [5, 5.41) is 2.67. The first-order chi connectivity index (χ1) is 11.8. The van der Waals surface area contributed by atoms with Crippen LogP contribution in [0.25, 0.3) is 10.8 Å². The summed E-state index contributed by atoms with van der Waals surface area (Å²) in [6.45, 7) is 1.79. The molecule has 126 valence electrons. The van der Waals surface area contributed by atoms with Gasteiger partial charge in [0.05, 0.1) is 11.1 Å². The van der Waals surface area contributed by atoms with Crippen LogP contribution >= 0.6 is 23.5 Å².